The van der Waals surface area contributed by atoms with Gasteiger partial charge in [0.25, 0.3) is 5.91 Å². The van der Waals surface area contributed by atoms with Crippen LogP contribution in [0.2, 0.25) is 0 Å². The van der Waals surface area contributed by atoms with Gasteiger partial charge in [-0.05, 0) is 12.8 Å². The van der Waals surface area contributed by atoms with Gasteiger partial charge in [-0.25, -0.2) is 4.79 Å². The van der Waals surface area contributed by atoms with Crippen LogP contribution in [0.4, 0.5) is 4.79 Å². The number of hydrogen-bond acceptors (Lipinski definition) is 3. The number of nitrogens with one attached hydrogen (secondary N) is 1. The van der Waals surface area contributed by atoms with Gasteiger partial charge in [-0.15, -0.1) is 0 Å². The van der Waals surface area contributed by atoms with Crippen molar-refractivity contribution in [3.05, 3.63) is 35.9 Å². The van der Waals surface area contributed by atoms with E-state index in [1.807, 2.05) is 25.1 Å². The number of carbonyl (C=O) groups excluding carboxylic acids is 3. The molecule has 1 heterocycles. The summed E-state index contributed by atoms with van der Waals surface area (Å²) in [5, 5.41) is 2.68. The van der Waals surface area contributed by atoms with Crippen LogP contribution in [-0.4, -0.2) is 35.2 Å². The van der Waals surface area contributed by atoms with Crippen molar-refractivity contribution >= 4 is 17.7 Å². The van der Waals surface area contributed by atoms with E-state index in [-0.39, 0.29) is 17.7 Å². The van der Waals surface area contributed by atoms with Gasteiger partial charge in [0.05, 0.1) is 0 Å². The zero-order valence-electron chi connectivity index (χ0n) is 12.2. The van der Waals surface area contributed by atoms with Crippen molar-refractivity contribution < 1.29 is 14.4 Å². The first kappa shape index (κ1) is 15.2. The minimum atomic E-state index is -0.396. The number of urea groups is 1. The second kappa shape index (κ2) is 7.02. The lowest BCUT2D eigenvalue weighted by Gasteiger charge is -2.12. The van der Waals surface area contributed by atoms with Gasteiger partial charge in [0, 0.05) is 18.5 Å². The van der Waals surface area contributed by atoms with Crippen LogP contribution < -0.4 is 5.32 Å². The highest BCUT2D eigenvalue weighted by molar-refractivity contribution is 6.04. The maximum atomic E-state index is 12.0. The fraction of sp³-hybridized carbons (Fsp3) is 0.438. The monoisotopic (exact) mass is 288 g/mol. The molecule has 0 radical (unpaired) electrons. The first-order chi connectivity index (χ1) is 10.1. The van der Waals surface area contributed by atoms with Gasteiger partial charge in [-0.3, -0.25) is 14.5 Å². The number of nitrogens with zero attached hydrogens (tertiary/aromatic N) is 1. The quantitative estimate of drug-likeness (QED) is 0.618. The highest BCUT2D eigenvalue weighted by atomic mass is 16.2. The highest BCUT2D eigenvalue weighted by Gasteiger charge is 2.36. The molecule has 5 nitrogen and oxygen atoms in total. The molecule has 1 unspecified atom stereocenters. The van der Waals surface area contributed by atoms with Crippen molar-refractivity contribution in [1.29, 1.82) is 0 Å². The summed E-state index contributed by atoms with van der Waals surface area (Å²) in [7, 11) is 0. The fourth-order valence-corrected chi connectivity index (χ4v) is 2.44. The van der Waals surface area contributed by atoms with Gasteiger partial charge in [0.1, 0.15) is 6.04 Å². The van der Waals surface area contributed by atoms with E-state index in [2.05, 4.69) is 5.32 Å². The van der Waals surface area contributed by atoms with Crippen LogP contribution in [0, 0.1) is 0 Å². The van der Waals surface area contributed by atoms with E-state index >= 15 is 0 Å². The normalized spacial score (nSPS) is 18.0. The molecule has 1 aliphatic heterocycles. The Hall–Kier alpha value is -2.17. The summed E-state index contributed by atoms with van der Waals surface area (Å²) in [6.07, 6.45) is 2.33. The lowest BCUT2D eigenvalue weighted by atomic mass is 10.1. The summed E-state index contributed by atoms with van der Waals surface area (Å²) in [5.41, 5.74) is 0.665. The largest absolute Gasteiger partial charge is 0.326 e. The van der Waals surface area contributed by atoms with Crippen molar-refractivity contribution in [3.63, 3.8) is 0 Å². The van der Waals surface area contributed by atoms with Gasteiger partial charge < -0.3 is 5.32 Å². The minimum Gasteiger partial charge on any atom is -0.326 e. The molecule has 5 heteroatoms. The smallest absolute Gasteiger partial charge is 0.324 e. The zero-order valence-corrected chi connectivity index (χ0v) is 12.2. The Labute approximate surface area is 124 Å². The molecule has 3 amide bonds. The predicted octanol–water partition coefficient (Wildman–Crippen LogP) is 2.37. The van der Waals surface area contributed by atoms with Crippen LogP contribution in [0.25, 0.3) is 0 Å². The third-order valence-corrected chi connectivity index (χ3v) is 3.57. The molecule has 1 atom stereocenters. The highest BCUT2D eigenvalue weighted by Crippen LogP contribution is 2.13. The molecule has 1 saturated heterocycles. The first-order valence-electron chi connectivity index (χ1n) is 7.33. The van der Waals surface area contributed by atoms with Crippen molar-refractivity contribution in [2.75, 3.05) is 6.54 Å². The number of hydrogen-bond donors (Lipinski definition) is 1. The molecular weight excluding hydrogens is 268 g/mol. The molecule has 112 valence electrons. The van der Waals surface area contributed by atoms with Crippen LogP contribution in [0.5, 0.6) is 0 Å². The average molecular weight is 288 g/mol. The summed E-state index contributed by atoms with van der Waals surface area (Å²) in [6.45, 7) is 2.27. The van der Waals surface area contributed by atoms with Crippen LogP contribution in [0.15, 0.2) is 30.3 Å². The maximum absolute atomic E-state index is 12.0. The SMILES string of the molecule is CCCC1NC(=O)N(CCCC(=O)c2ccccc2)C1=O. The van der Waals surface area contributed by atoms with E-state index in [1.54, 1.807) is 12.1 Å². The van der Waals surface area contributed by atoms with Crippen LogP contribution in [0.1, 0.15) is 43.0 Å². The molecular formula is C16H20N2O3. The Bertz CT molecular complexity index is 528. The van der Waals surface area contributed by atoms with E-state index in [9.17, 15) is 14.4 Å². The number of ketones is 1. The number of benzene rings is 1. The Balaban J connectivity index is 1.82. The Kier molecular flexibility index (Phi) is 5.09. The Morgan fingerprint density at radius 3 is 2.62 bits per heavy atom. The fourth-order valence-electron chi connectivity index (χ4n) is 2.44. The van der Waals surface area contributed by atoms with Gasteiger partial charge in [0.15, 0.2) is 5.78 Å². The van der Waals surface area contributed by atoms with E-state index in [4.69, 9.17) is 0 Å². The number of carbonyl (C=O) groups is 3. The van der Waals surface area contributed by atoms with E-state index in [0.29, 0.717) is 31.4 Å². The second-order valence-electron chi connectivity index (χ2n) is 5.17. The number of imide groups is 1. The molecule has 1 aromatic rings. The molecule has 0 aromatic heterocycles. The molecule has 0 saturated carbocycles. The molecule has 0 spiro atoms. The second-order valence-corrected chi connectivity index (χ2v) is 5.17. The number of rotatable bonds is 7. The molecule has 0 aliphatic carbocycles. The Morgan fingerprint density at radius 2 is 1.95 bits per heavy atom. The molecule has 0 bridgehead atoms. The van der Waals surface area contributed by atoms with Crippen LogP contribution in [-0.2, 0) is 4.79 Å². The summed E-state index contributed by atoms with van der Waals surface area (Å²) in [4.78, 5) is 36.9. The van der Waals surface area contributed by atoms with Crippen molar-refractivity contribution in [2.24, 2.45) is 0 Å². The molecule has 21 heavy (non-hydrogen) atoms. The van der Waals surface area contributed by atoms with Gasteiger partial charge in [-0.2, -0.15) is 0 Å². The zero-order chi connectivity index (χ0) is 15.2. The van der Waals surface area contributed by atoms with E-state index in [1.165, 1.54) is 4.90 Å². The first-order valence-corrected chi connectivity index (χ1v) is 7.33. The van der Waals surface area contributed by atoms with Gasteiger partial charge >= 0.3 is 6.03 Å². The third-order valence-electron chi connectivity index (χ3n) is 3.57. The molecule has 2 rings (SSSR count). The number of amides is 3. The lowest BCUT2D eigenvalue weighted by Crippen LogP contribution is -2.32. The van der Waals surface area contributed by atoms with E-state index < -0.39 is 6.04 Å². The summed E-state index contributed by atoms with van der Waals surface area (Å²) in [6, 6.07) is 8.30. The molecule has 1 fully saturated rings. The predicted molar refractivity (Wildman–Crippen MR) is 78.9 cm³/mol. The average Bonchev–Trinajstić information content (AvgIpc) is 2.76. The van der Waals surface area contributed by atoms with Gasteiger partial charge in [0.2, 0.25) is 0 Å². The van der Waals surface area contributed by atoms with Crippen molar-refractivity contribution in [1.82, 2.24) is 10.2 Å². The Morgan fingerprint density at radius 1 is 1.24 bits per heavy atom. The minimum absolute atomic E-state index is 0.0350. The topological polar surface area (TPSA) is 66.5 Å². The van der Waals surface area contributed by atoms with Gasteiger partial charge in [-0.1, -0.05) is 43.7 Å². The van der Waals surface area contributed by atoms with E-state index in [0.717, 1.165) is 6.42 Å². The summed E-state index contributed by atoms with van der Waals surface area (Å²) in [5.74, 6) is -0.137. The standard InChI is InChI=1S/C16H20N2O3/c1-2-7-13-15(20)18(16(21)17-13)11-6-10-14(19)12-8-4-3-5-9-12/h3-5,8-9,13H,2,6-7,10-11H2,1H3,(H,17,21). The number of Topliss-reactive ketones (excluding diaryl/α,β-unsaturated/α-hetero) is 1. The molecule has 1 N–H and O–H groups in total. The summed E-state index contributed by atoms with van der Waals surface area (Å²) >= 11 is 0. The molecule has 1 aliphatic rings. The van der Waals surface area contributed by atoms with Crippen molar-refractivity contribution in [3.8, 4) is 0 Å². The van der Waals surface area contributed by atoms with Crippen molar-refractivity contribution in [2.45, 2.75) is 38.6 Å². The molecule has 1 aromatic carbocycles. The summed E-state index contributed by atoms with van der Waals surface area (Å²) < 4.78 is 0. The third kappa shape index (κ3) is 3.68. The van der Waals surface area contributed by atoms with Crippen LogP contribution in [0.3, 0.4) is 0 Å². The van der Waals surface area contributed by atoms with Crippen LogP contribution >= 0.6 is 0 Å². The maximum Gasteiger partial charge on any atom is 0.324 e. The lowest BCUT2D eigenvalue weighted by molar-refractivity contribution is -0.127.